The molecule has 0 aliphatic carbocycles. The van der Waals surface area contributed by atoms with E-state index in [0.29, 0.717) is 0 Å². The summed E-state index contributed by atoms with van der Waals surface area (Å²) in [7, 11) is -3.11. The van der Waals surface area contributed by atoms with Crippen molar-refractivity contribution in [1.29, 1.82) is 0 Å². The average molecular weight is 817 g/mol. The van der Waals surface area contributed by atoms with Crippen LogP contribution in [-0.2, 0) is 10.6 Å². The van der Waals surface area contributed by atoms with E-state index in [1.165, 1.54) is 11.1 Å². The van der Waals surface area contributed by atoms with Crippen molar-refractivity contribution >= 4 is 45.0 Å². The van der Waals surface area contributed by atoms with Gasteiger partial charge in [-0.15, -0.1) is 12.6 Å². The van der Waals surface area contributed by atoms with E-state index in [1.54, 1.807) is 12.1 Å². The molecule has 3 N–H and O–H groups in total. The number of benzene rings is 8. The van der Waals surface area contributed by atoms with Gasteiger partial charge in [-0.05, 0) is 47.5 Å². The molecule has 9 rings (SSSR count). The zero-order valence-electron chi connectivity index (χ0n) is 33.9. The van der Waals surface area contributed by atoms with Gasteiger partial charge in [-0.2, -0.15) is 0 Å². The van der Waals surface area contributed by atoms with Gasteiger partial charge in [-0.3, -0.25) is 9.36 Å². The molecule has 0 aliphatic rings. The number of nitrogen functional groups attached to an aromatic ring is 1. The Hall–Kier alpha value is -6.88. The normalized spacial score (nSPS) is 9.87. The number of hydrogen-bond acceptors (Lipinski definition) is 7. The molecular formula is C50H41N4NaO4S. The van der Waals surface area contributed by atoms with E-state index >= 15 is 0 Å². The zero-order chi connectivity index (χ0) is 41.2. The van der Waals surface area contributed by atoms with E-state index in [9.17, 15) is 4.79 Å². The second kappa shape index (κ2) is 22.9. The summed E-state index contributed by atoms with van der Waals surface area (Å²) in [4.78, 5) is 15.0. The molecule has 1 heterocycles. The summed E-state index contributed by atoms with van der Waals surface area (Å²) >= 11 is 0. The number of nitrogens with one attached hydrogen (secondary N) is 1. The number of para-hydroxylation sites is 4. The molecule has 0 bridgehead atoms. The van der Waals surface area contributed by atoms with Crippen molar-refractivity contribution in [2.24, 2.45) is 0 Å². The first kappa shape index (κ1) is 44.2. The van der Waals surface area contributed by atoms with Crippen LogP contribution in [0.5, 0.6) is 0 Å². The second-order valence-corrected chi connectivity index (χ2v) is 13.3. The maximum absolute atomic E-state index is 10.0. The minimum Gasteiger partial charge on any atom is -1.00 e. The molecule has 60 heavy (non-hydrogen) atoms. The SMILES string of the molecule is Nc1cccc(-c2ccccc2)c1Nc1ccccc1.O=Cc1ccccc1.O=S(=O)=O.[H-].[Na+].c1ccc(-c2cccc3nc(-c4ccccc4)n(-c4ccccc4)c23)cc1. The number of imidazole rings is 1. The van der Waals surface area contributed by atoms with Crippen LogP contribution in [0, 0.1) is 0 Å². The molecular weight excluding hydrogens is 776 g/mol. The Labute approximate surface area is 374 Å². The number of nitrogens with zero attached hydrogens (tertiary/aromatic N) is 2. The van der Waals surface area contributed by atoms with Crippen molar-refractivity contribution in [3.63, 3.8) is 0 Å². The fraction of sp³-hybridized carbons (Fsp3) is 0. The summed E-state index contributed by atoms with van der Waals surface area (Å²) in [6.45, 7) is 0. The molecule has 0 amide bonds. The molecule has 1 aromatic heterocycles. The number of fused-ring (bicyclic) bond motifs is 1. The maximum atomic E-state index is 10.0. The second-order valence-electron chi connectivity index (χ2n) is 12.9. The Bertz CT molecular complexity index is 2820. The average Bonchev–Trinajstić information content (AvgIpc) is 3.69. The summed E-state index contributed by atoms with van der Waals surface area (Å²) in [6.07, 6.45) is 0.833. The number of hydrogen-bond donors (Lipinski definition) is 2. The molecule has 0 aliphatic heterocycles. The first-order valence-electron chi connectivity index (χ1n) is 18.6. The van der Waals surface area contributed by atoms with Crippen LogP contribution in [0.2, 0.25) is 0 Å². The quantitative estimate of drug-likeness (QED) is 0.0938. The smallest absolute Gasteiger partial charge is 1.00 e. The van der Waals surface area contributed by atoms with Crippen LogP contribution < -0.4 is 40.6 Å². The van der Waals surface area contributed by atoms with Gasteiger partial charge >= 0.3 is 40.2 Å². The predicted octanol–water partition coefficient (Wildman–Crippen LogP) is 8.65. The van der Waals surface area contributed by atoms with Gasteiger partial charge in [-0.1, -0.05) is 182 Å². The standard InChI is InChI=1S/C25H18N2.C18H16N2.C7H6O.Na.O3S.H/c1-4-11-19(12-5-1)22-17-10-18-23-24(22)27(21-15-8-3-9-16-21)25(26-23)20-13-6-2-7-14-20;19-17-13-7-12-16(14-8-3-1-4-9-14)18(17)20-15-10-5-2-6-11-15;8-6-7-4-2-1-3-5-7;;1-4(2)3;/h1-18H;1-13,20H,19H2;1-6H;;;/q;;;+1;;-1. The van der Waals surface area contributed by atoms with Crippen molar-refractivity contribution in [3.8, 4) is 39.3 Å². The summed E-state index contributed by atoms with van der Waals surface area (Å²) in [6, 6.07) is 73.1. The third-order valence-corrected chi connectivity index (χ3v) is 8.97. The predicted molar refractivity (Wildman–Crippen MR) is 241 cm³/mol. The van der Waals surface area contributed by atoms with Gasteiger partial charge in [0.2, 0.25) is 0 Å². The van der Waals surface area contributed by atoms with Gasteiger partial charge in [0.05, 0.1) is 22.4 Å². The summed E-state index contributed by atoms with van der Waals surface area (Å²) in [5.41, 5.74) is 18.6. The minimum atomic E-state index is -3.11. The van der Waals surface area contributed by atoms with Crippen LogP contribution in [0.1, 0.15) is 11.8 Å². The Kier molecular flexibility index (Phi) is 16.9. The third-order valence-electron chi connectivity index (χ3n) is 8.97. The van der Waals surface area contributed by atoms with E-state index in [1.807, 2.05) is 97.1 Å². The fourth-order valence-corrected chi connectivity index (χ4v) is 6.35. The molecule has 292 valence electrons. The van der Waals surface area contributed by atoms with E-state index in [0.717, 1.165) is 68.1 Å². The van der Waals surface area contributed by atoms with Gasteiger partial charge in [-0.25, -0.2) is 4.98 Å². The molecule has 0 fully saturated rings. The summed E-state index contributed by atoms with van der Waals surface area (Å²) < 4.78 is 27.6. The Morgan fingerprint density at radius 1 is 0.517 bits per heavy atom. The molecule has 0 atom stereocenters. The van der Waals surface area contributed by atoms with Gasteiger partial charge in [0.25, 0.3) is 0 Å². The monoisotopic (exact) mass is 816 g/mol. The molecule has 8 nitrogen and oxygen atoms in total. The van der Waals surface area contributed by atoms with E-state index < -0.39 is 10.6 Å². The van der Waals surface area contributed by atoms with Crippen LogP contribution in [0.15, 0.2) is 218 Å². The third kappa shape index (κ3) is 12.1. The number of anilines is 3. The largest absolute Gasteiger partial charge is 1.00 e. The van der Waals surface area contributed by atoms with Crippen molar-refractivity contribution in [3.05, 3.63) is 224 Å². The van der Waals surface area contributed by atoms with E-state index in [4.69, 9.17) is 23.3 Å². The molecule has 9 aromatic rings. The molecule has 0 radical (unpaired) electrons. The van der Waals surface area contributed by atoms with Crippen LogP contribution in [0.4, 0.5) is 17.1 Å². The molecule has 0 unspecified atom stereocenters. The van der Waals surface area contributed by atoms with Crippen molar-refractivity contribution in [2.75, 3.05) is 11.1 Å². The number of carbonyl (C=O) groups excluding carboxylic acids is 1. The zero-order valence-corrected chi connectivity index (χ0v) is 35.7. The van der Waals surface area contributed by atoms with Crippen molar-refractivity contribution in [1.82, 2.24) is 9.55 Å². The van der Waals surface area contributed by atoms with Crippen LogP contribution >= 0.6 is 0 Å². The number of aldehydes is 1. The molecule has 8 aromatic carbocycles. The van der Waals surface area contributed by atoms with Crippen LogP contribution in [0.25, 0.3) is 50.4 Å². The van der Waals surface area contributed by atoms with Crippen molar-refractivity contribution in [2.45, 2.75) is 0 Å². The van der Waals surface area contributed by atoms with E-state index in [2.05, 4.69) is 119 Å². The van der Waals surface area contributed by atoms with Crippen LogP contribution in [-0.4, -0.2) is 28.5 Å². The number of rotatable bonds is 7. The topological polar surface area (TPSA) is 124 Å². The van der Waals surface area contributed by atoms with Gasteiger partial charge in [0.15, 0.2) is 0 Å². The summed E-state index contributed by atoms with van der Waals surface area (Å²) in [5, 5.41) is 3.41. The number of carbonyl (C=O) groups is 1. The minimum absolute atomic E-state index is 0. The Balaban J connectivity index is 0.000000211. The van der Waals surface area contributed by atoms with Gasteiger partial charge < -0.3 is 12.5 Å². The number of nitrogens with two attached hydrogens (primary N) is 1. The Morgan fingerprint density at radius 3 is 1.47 bits per heavy atom. The van der Waals surface area contributed by atoms with Gasteiger partial charge in [0.1, 0.15) is 12.1 Å². The number of aromatic nitrogens is 2. The molecule has 0 spiro atoms. The maximum Gasteiger partial charge on any atom is 1.00 e. The Morgan fingerprint density at radius 2 is 0.950 bits per heavy atom. The van der Waals surface area contributed by atoms with Crippen molar-refractivity contribution < 1.29 is 48.4 Å². The molecule has 0 saturated heterocycles. The molecule has 0 saturated carbocycles. The summed E-state index contributed by atoms with van der Waals surface area (Å²) in [5.74, 6) is 0.959. The first-order valence-corrected chi connectivity index (χ1v) is 19.6. The van der Waals surface area contributed by atoms with Crippen LogP contribution in [0.3, 0.4) is 0 Å². The first-order chi connectivity index (χ1) is 28.9. The molecule has 10 heteroatoms. The van der Waals surface area contributed by atoms with E-state index in [-0.39, 0.29) is 31.0 Å². The fourth-order valence-electron chi connectivity index (χ4n) is 6.35. The van der Waals surface area contributed by atoms with Gasteiger partial charge in [0, 0.05) is 33.6 Å².